The van der Waals surface area contributed by atoms with Crippen LogP contribution in [0.2, 0.25) is 0 Å². The molecule has 1 aliphatic rings. The minimum atomic E-state index is -0.0680. The summed E-state index contributed by atoms with van der Waals surface area (Å²) in [6.45, 7) is 1.98. The van der Waals surface area contributed by atoms with E-state index in [1.165, 1.54) is 29.7 Å². The van der Waals surface area contributed by atoms with Crippen molar-refractivity contribution in [2.75, 3.05) is 5.73 Å². The van der Waals surface area contributed by atoms with Crippen molar-refractivity contribution >= 4 is 16.5 Å². The van der Waals surface area contributed by atoms with Crippen molar-refractivity contribution in [2.24, 2.45) is 0 Å². The highest BCUT2D eigenvalue weighted by Gasteiger charge is 2.40. The summed E-state index contributed by atoms with van der Waals surface area (Å²) >= 11 is 1.49. The standard InChI is InChI=1S/C19H20N4S/c1-13-16(24-18(20)22-13)15-9-12-21-17(23-15)19(10-5-6-11-19)14-7-3-2-4-8-14/h2-4,7-9,12H,5-6,10-11H2,1H3,(H2,20,22). The van der Waals surface area contributed by atoms with Gasteiger partial charge in [-0.15, -0.1) is 0 Å². The second kappa shape index (κ2) is 5.98. The van der Waals surface area contributed by atoms with Gasteiger partial charge in [0, 0.05) is 6.20 Å². The van der Waals surface area contributed by atoms with Crippen LogP contribution in [0.25, 0.3) is 10.6 Å². The fourth-order valence-electron chi connectivity index (χ4n) is 3.75. The number of rotatable bonds is 3. The lowest BCUT2D eigenvalue weighted by atomic mass is 9.78. The molecule has 3 aromatic rings. The van der Waals surface area contributed by atoms with Gasteiger partial charge in [0.2, 0.25) is 0 Å². The molecule has 4 rings (SSSR count). The number of aryl methyl sites for hydroxylation is 1. The number of hydrogen-bond donors (Lipinski definition) is 1. The zero-order valence-corrected chi connectivity index (χ0v) is 14.5. The fraction of sp³-hybridized carbons (Fsp3) is 0.316. The van der Waals surface area contributed by atoms with Crippen molar-refractivity contribution in [3.63, 3.8) is 0 Å². The summed E-state index contributed by atoms with van der Waals surface area (Å²) in [5.74, 6) is 0.926. The van der Waals surface area contributed by atoms with E-state index in [4.69, 9.17) is 10.7 Å². The molecule has 1 aromatic carbocycles. The number of nitrogens with two attached hydrogens (primary N) is 1. The third-order valence-electron chi connectivity index (χ3n) is 4.91. The van der Waals surface area contributed by atoms with Crippen molar-refractivity contribution in [3.8, 4) is 10.6 Å². The van der Waals surface area contributed by atoms with Gasteiger partial charge in [-0.3, -0.25) is 0 Å². The number of nitrogens with zero attached hydrogens (tertiary/aromatic N) is 3. The van der Waals surface area contributed by atoms with Gasteiger partial charge in [0.05, 0.1) is 21.7 Å². The largest absolute Gasteiger partial charge is 0.375 e. The molecule has 0 atom stereocenters. The van der Waals surface area contributed by atoms with Gasteiger partial charge < -0.3 is 5.73 Å². The maximum Gasteiger partial charge on any atom is 0.180 e. The molecule has 122 valence electrons. The molecule has 0 radical (unpaired) electrons. The Morgan fingerprint density at radius 1 is 1.04 bits per heavy atom. The maximum atomic E-state index is 5.86. The Labute approximate surface area is 145 Å². The molecular weight excluding hydrogens is 316 g/mol. The van der Waals surface area contributed by atoms with E-state index in [0.29, 0.717) is 5.13 Å². The average Bonchev–Trinajstić information content (AvgIpc) is 3.23. The van der Waals surface area contributed by atoms with Crippen LogP contribution in [0.4, 0.5) is 5.13 Å². The third kappa shape index (κ3) is 2.49. The lowest BCUT2D eigenvalue weighted by molar-refractivity contribution is 0.500. The molecule has 1 fully saturated rings. The molecule has 0 saturated heterocycles. The monoisotopic (exact) mass is 336 g/mol. The zero-order valence-electron chi connectivity index (χ0n) is 13.7. The van der Waals surface area contributed by atoms with E-state index < -0.39 is 0 Å². The van der Waals surface area contributed by atoms with Gasteiger partial charge in [0.25, 0.3) is 0 Å². The van der Waals surface area contributed by atoms with Crippen molar-refractivity contribution < 1.29 is 0 Å². The molecular formula is C19H20N4S. The van der Waals surface area contributed by atoms with E-state index in [1.807, 2.05) is 19.2 Å². The molecule has 5 heteroatoms. The number of anilines is 1. The van der Waals surface area contributed by atoms with Crippen LogP contribution in [0, 0.1) is 6.92 Å². The van der Waals surface area contributed by atoms with Gasteiger partial charge in [-0.25, -0.2) is 15.0 Å². The van der Waals surface area contributed by atoms with Crippen molar-refractivity contribution in [1.82, 2.24) is 15.0 Å². The van der Waals surface area contributed by atoms with Crippen LogP contribution in [0.3, 0.4) is 0 Å². The summed E-state index contributed by atoms with van der Waals surface area (Å²) in [7, 11) is 0. The molecule has 2 N–H and O–H groups in total. The Balaban J connectivity index is 1.83. The Morgan fingerprint density at radius 3 is 2.46 bits per heavy atom. The van der Waals surface area contributed by atoms with Crippen LogP contribution >= 0.6 is 11.3 Å². The Morgan fingerprint density at radius 2 is 1.79 bits per heavy atom. The Bertz CT molecular complexity index is 851. The molecule has 1 saturated carbocycles. The van der Waals surface area contributed by atoms with E-state index in [0.717, 1.165) is 34.9 Å². The number of benzene rings is 1. The van der Waals surface area contributed by atoms with Gasteiger partial charge in [-0.05, 0) is 31.4 Å². The van der Waals surface area contributed by atoms with Gasteiger partial charge >= 0.3 is 0 Å². The van der Waals surface area contributed by atoms with E-state index >= 15 is 0 Å². The minimum absolute atomic E-state index is 0.0680. The summed E-state index contributed by atoms with van der Waals surface area (Å²) in [5, 5.41) is 0.585. The molecule has 0 spiro atoms. The highest BCUT2D eigenvalue weighted by Crippen LogP contribution is 2.45. The predicted molar refractivity (Wildman–Crippen MR) is 98.0 cm³/mol. The Kier molecular flexibility index (Phi) is 3.81. The highest BCUT2D eigenvalue weighted by atomic mass is 32.1. The molecule has 2 aromatic heterocycles. The molecule has 1 aliphatic carbocycles. The number of nitrogen functional groups attached to an aromatic ring is 1. The first-order chi connectivity index (χ1) is 11.7. The fourth-order valence-corrected chi connectivity index (χ4v) is 4.55. The van der Waals surface area contributed by atoms with Gasteiger partial charge in [-0.2, -0.15) is 0 Å². The summed E-state index contributed by atoms with van der Waals surface area (Å²) in [6.07, 6.45) is 6.51. The molecule has 24 heavy (non-hydrogen) atoms. The molecule has 0 bridgehead atoms. The quantitative estimate of drug-likeness (QED) is 0.772. The number of thiazole rings is 1. The SMILES string of the molecule is Cc1nc(N)sc1-c1ccnc(C2(c3ccccc3)CCCC2)n1. The first kappa shape index (κ1) is 15.3. The normalized spacial score (nSPS) is 16.4. The zero-order chi connectivity index (χ0) is 16.6. The van der Waals surface area contributed by atoms with E-state index in [2.05, 4.69) is 40.3 Å². The topological polar surface area (TPSA) is 64.7 Å². The summed E-state index contributed by atoms with van der Waals surface area (Å²) in [6, 6.07) is 12.6. The van der Waals surface area contributed by atoms with Crippen LogP contribution in [0.1, 0.15) is 42.8 Å². The van der Waals surface area contributed by atoms with Gasteiger partial charge in [-0.1, -0.05) is 54.5 Å². The second-order valence-corrected chi connectivity index (χ2v) is 7.42. The van der Waals surface area contributed by atoms with Crippen molar-refractivity contribution in [1.29, 1.82) is 0 Å². The van der Waals surface area contributed by atoms with Crippen LogP contribution in [0.5, 0.6) is 0 Å². The van der Waals surface area contributed by atoms with Crippen LogP contribution in [-0.2, 0) is 5.41 Å². The van der Waals surface area contributed by atoms with Crippen LogP contribution < -0.4 is 5.73 Å². The first-order valence-electron chi connectivity index (χ1n) is 8.31. The lowest BCUT2D eigenvalue weighted by Gasteiger charge is -2.28. The molecule has 0 aliphatic heterocycles. The Hall–Kier alpha value is -2.27. The molecule has 0 unspecified atom stereocenters. The van der Waals surface area contributed by atoms with Gasteiger partial charge in [0.1, 0.15) is 5.82 Å². The van der Waals surface area contributed by atoms with E-state index in [1.54, 1.807) is 0 Å². The van der Waals surface area contributed by atoms with Crippen molar-refractivity contribution in [2.45, 2.75) is 38.0 Å². The molecule has 0 amide bonds. The van der Waals surface area contributed by atoms with E-state index in [-0.39, 0.29) is 5.41 Å². The predicted octanol–water partition coefficient (Wildman–Crippen LogP) is 4.35. The maximum absolute atomic E-state index is 5.86. The number of aromatic nitrogens is 3. The molecule has 4 nitrogen and oxygen atoms in total. The van der Waals surface area contributed by atoms with Crippen LogP contribution in [-0.4, -0.2) is 15.0 Å². The second-order valence-electron chi connectivity index (χ2n) is 6.39. The third-order valence-corrected chi connectivity index (χ3v) is 5.92. The summed E-state index contributed by atoms with van der Waals surface area (Å²) in [5.41, 5.74) is 8.97. The molecule has 2 heterocycles. The minimum Gasteiger partial charge on any atom is -0.375 e. The lowest BCUT2D eigenvalue weighted by Crippen LogP contribution is -2.26. The smallest absolute Gasteiger partial charge is 0.180 e. The highest BCUT2D eigenvalue weighted by molar-refractivity contribution is 7.18. The summed E-state index contributed by atoms with van der Waals surface area (Å²) in [4.78, 5) is 15.0. The van der Waals surface area contributed by atoms with Gasteiger partial charge in [0.15, 0.2) is 5.13 Å². The number of hydrogen-bond acceptors (Lipinski definition) is 5. The summed E-state index contributed by atoms with van der Waals surface area (Å²) < 4.78 is 0. The average molecular weight is 336 g/mol. The van der Waals surface area contributed by atoms with Crippen LogP contribution in [0.15, 0.2) is 42.6 Å². The van der Waals surface area contributed by atoms with Crippen molar-refractivity contribution in [3.05, 3.63) is 59.7 Å². The first-order valence-corrected chi connectivity index (χ1v) is 9.13. The van der Waals surface area contributed by atoms with E-state index in [9.17, 15) is 0 Å².